The Hall–Kier alpha value is -3.29. The number of ether oxygens (including phenoxy) is 3. The molecule has 8 nitrogen and oxygen atoms in total. The van der Waals surface area contributed by atoms with Gasteiger partial charge in [0.15, 0.2) is 23.9 Å². The first kappa shape index (κ1) is 15.6. The molecule has 0 bridgehead atoms. The fourth-order valence-electron chi connectivity index (χ4n) is 2.00. The molecule has 0 spiro atoms. The second-order valence-electron chi connectivity index (χ2n) is 4.83. The van der Waals surface area contributed by atoms with Crippen molar-refractivity contribution in [3.8, 4) is 11.5 Å². The number of furan rings is 1. The minimum atomic E-state index is -0.978. The topological polar surface area (TPSA) is 104 Å². The van der Waals surface area contributed by atoms with E-state index in [0.717, 1.165) is 0 Å². The first-order valence-electron chi connectivity index (χ1n) is 7.06. The summed E-state index contributed by atoms with van der Waals surface area (Å²) in [4.78, 5) is 35.1. The molecule has 1 aromatic heterocycles. The van der Waals surface area contributed by atoms with Gasteiger partial charge >= 0.3 is 5.97 Å². The summed E-state index contributed by atoms with van der Waals surface area (Å²) in [6, 6.07) is 9.80. The maximum atomic E-state index is 11.9. The molecule has 2 amide bonds. The van der Waals surface area contributed by atoms with Crippen molar-refractivity contribution in [2.45, 2.75) is 6.10 Å². The molecule has 3 rings (SSSR count). The SMILES string of the molecule is O=C(COC(=O)C1COc2ccccc2O1)NC(=O)c1ccco1. The van der Waals surface area contributed by atoms with Crippen LogP contribution in [0.4, 0.5) is 0 Å². The van der Waals surface area contributed by atoms with Gasteiger partial charge in [-0.2, -0.15) is 0 Å². The van der Waals surface area contributed by atoms with Crippen LogP contribution < -0.4 is 14.8 Å². The maximum absolute atomic E-state index is 11.9. The second-order valence-corrected chi connectivity index (χ2v) is 4.83. The van der Waals surface area contributed by atoms with Crippen molar-refractivity contribution in [1.82, 2.24) is 5.32 Å². The van der Waals surface area contributed by atoms with Crippen molar-refractivity contribution in [1.29, 1.82) is 0 Å². The zero-order valence-electron chi connectivity index (χ0n) is 12.4. The smallest absolute Gasteiger partial charge is 0.351 e. The van der Waals surface area contributed by atoms with Crippen LogP contribution in [0.2, 0.25) is 0 Å². The number of hydrogen-bond donors (Lipinski definition) is 1. The van der Waals surface area contributed by atoms with Gasteiger partial charge in [0.2, 0.25) is 6.10 Å². The third-order valence-electron chi connectivity index (χ3n) is 3.11. The van der Waals surface area contributed by atoms with E-state index < -0.39 is 30.5 Å². The predicted octanol–water partition coefficient (Wildman–Crippen LogP) is 0.919. The Labute approximate surface area is 136 Å². The summed E-state index contributed by atoms with van der Waals surface area (Å²) in [7, 11) is 0. The molecular formula is C16H13NO7. The van der Waals surface area contributed by atoms with E-state index in [4.69, 9.17) is 18.6 Å². The first-order chi connectivity index (χ1) is 11.6. The molecule has 2 heterocycles. The van der Waals surface area contributed by atoms with Crippen LogP contribution in [0.5, 0.6) is 11.5 Å². The van der Waals surface area contributed by atoms with Gasteiger partial charge in [-0.1, -0.05) is 12.1 Å². The number of esters is 1. The van der Waals surface area contributed by atoms with Crippen LogP contribution in [-0.2, 0) is 14.3 Å². The highest BCUT2D eigenvalue weighted by Crippen LogP contribution is 2.31. The van der Waals surface area contributed by atoms with Gasteiger partial charge in [0.05, 0.1) is 6.26 Å². The van der Waals surface area contributed by atoms with Crippen molar-refractivity contribution in [2.24, 2.45) is 0 Å². The van der Waals surface area contributed by atoms with Crippen LogP contribution in [0.1, 0.15) is 10.6 Å². The molecule has 124 valence electrons. The quantitative estimate of drug-likeness (QED) is 0.831. The minimum absolute atomic E-state index is 0.0182. The Kier molecular flexibility index (Phi) is 4.46. The third kappa shape index (κ3) is 3.54. The van der Waals surface area contributed by atoms with Gasteiger partial charge in [0, 0.05) is 0 Å². The number of carbonyl (C=O) groups is 3. The Morgan fingerprint density at radius 3 is 2.67 bits per heavy atom. The van der Waals surface area contributed by atoms with Gasteiger partial charge in [0.25, 0.3) is 11.8 Å². The van der Waals surface area contributed by atoms with Crippen LogP contribution >= 0.6 is 0 Å². The molecule has 8 heteroatoms. The molecule has 0 saturated carbocycles. The van der Waals surface area contributed by atoms with Gasteiger partial charge in [-0.25, -0.2) is 4.79 Å². The highest BCUT2D eigenvalue weighted by atomic mass is 16.6. The molecule has 1 N–H and O–H groups in total. The van der Waals surface area contributed by atoms with Crippen LogP contribution in [0, 0.1) is 0 Å². The summed E-state index contributed by atoms with van der Waals surface area (Å²) >= 11 is 0. The third-order valence-corrected chi connectivity index (χ3v) is 3.11. The second kappa shape index (κ2) is 6.86. The molecule has 1 atom stereocenters. The molecule has 1 aromatic carbocycles. The lowest BCUT2D eigenvalue weighted by Crippen LogP contribution is -2.40. The highest BCUT2D eigenvalue weighted by molar-refractivity contribution is 6.03. The number of imide groups is 1. The van der Waals surface area contributed by atoms with Gasteiger partial charge in [0.1, 0.15) is 6.61 Å². The van der Waals surface area contributed by atoms with Crippen molar-refractivity contribution in [3.63, 3.8) is 0 Å². The van der Waals surface area contributed by atoms with Crippen molar-refractivity contribution >= 4 is 17.8 Å². The number of carbonyl (C=O) groups excluding carboxylic acids is 3. The van der Waals surface area contributed by atoms with Gasteiger partial charge in [-0.05, 0) is 24.3 Å². The standard InChI is InChI=1S/C16H13NO7/c18-14(17-15(19)12-6-3-7-21-12)9-23-16(20)13-8-22-10-4-1-2-5-11(10)24-13/h1-7,13H,8-9H2,(H,17,18,19). The number of benzene rings is 1. The van der Waals surface area contributed by atoms with E-state index in [0.29, 0.717) is 11.5 Å². The number of para-hydroxylation sites is 2. The maximum Gasteiger partial charge on any atom is 0.351 e. The Bertz CT molecular complexity index is 754. The predicted molar refractivity (Wildman–Crippen MR) is 78.5 cm³/mol. The van der Waals surface area contributed by atoms with Gasteiger partial charge in [-0.3, -0.25) is 14.9 Å². The van der Waals surface area contributed by atoms with E-state index in [-0.39, 0.29) is 12.4 Å². The Morgan fingerprint density at radius 2 is 1.92 bits per heavy atom. The summed E-state index contributed by atoms with van der Waals surface area (Å²) in [6.07, 6.45) is 0.325. The minimum Gasteiger partial charge on any atom is -0.485 e. The van der Waals surface area contributed by atoms with Crippen LogP contribution in [0.15, 0.2) is 47.1 Å². The monoisotopic (exact) mass is 331 g/mol. The number of amides is 2. The lowest BCUT2D eigenvalue weighted by molar-refractivity contribution is -0.157. The van der Waals surface area contributed by atoms with Crippen LogP contribution in [-0.4, -0.2) is 37.1 Å². The molecule has 1 aliphatic rings. The lowest BCUT2D eigenvalue weighted by atomic mass is 10.2. The molecule has 0 radical (unpaired) electrons. The van der Waals surface area contributed by atoms with Crippen LogP contribution in [0.3, 0.4) is 0 Å². The average molecular weight is 331 g/mol. The van der Waals surface area contributed by atoms with E-state index in [1.807, 2.05) is 5.32 Å². The largest absolute Gasteiger partial charge is 0.485 e. The Morgan fingerprint density at radius 1 is 1.12 bits per heavy atom. The lowest BCUT2D eigenvalue weighted by Gasteiger charge is -2.24. The summed E-state index contributed by atoms with van der Waals surface area (Å²) in [5.74, 6) is -1.32. The molecule has 0 saturated heterocycles. The molecule has 24 heavy (non-hydrogen) atoms. The summed E-state index contributed by atoms with van der Waals surface area (Å²) in [6.45, 7) is -0.643. The molecule has 1 aliphatic heterocycles. The fraction of sp³-hybridized carbons (Fsp3) is 0.188. The van der Waals surface area contributed by atoms with Gasteiger partial charge in [-0.15, -0.1) is 0 Å². The number of fused-ring (bicyclic) bond motifs is 1. The summed E-state index contributed by atoms with van der Waals surface area (Å²) in [5.41, 5.74) is 0. The number of hydrogen-bond acceptors (Lipinski definition) is 7. The molecular weight excluding hydrogens is 318 g/mol. The molecule has 1 unspecified atom stereocenters. The molecule has 2 aromatic rings. The van der Waals surface area contributed by atoms with Crippen molar-refractivity contribution in [2.75, 3.05) is 13.2 Å². The van der Waals surface area contributed by atoms with Gasteiger partial charge < -0.3 is 18.6 Å². The Balaban J connectivity index is 1.47. The zero-order valence-corrected chi connectivity index (χ0v) is 12.4. The van der Waals surface area contributed by atoms with Crippen molar-refractivity contribution in [3.05, 3.63) is 48.4 Å². The number of nitrogens with one attached hydrogen (secondary N) is 1. The van der Waals surface area contributed by atoms with Crippen molar-refractivity contribution < 1.29 is 33.0 Å². The highest BCUT2D eigenvalue weighted by Gasteiger charge is 2.29. The van der Waals surface area contributed by atoms with E-state index in [2.05, 4.69) is 0 Å². The summed E-state index contributed by atoms with van der Waals surface area (Å²) < 4.78 is 20.5. The van der Waals surface area contributed by atoms with E-state index in [1.165, 1.54) is 18.4 Å². The van der Waals surface area contributed by atoms with E-state index in [1.54, 1.807) is 24.3 Å². The van der Waals surface area contributed by atoms with E-state index in [9.17, 15) is 14.4 Å². The normalized spacial score (nSPS) is 15.4. The zero-order chi connectivity index (χ0) is 16.9. The summed E-state index contributed by atoms with van der Waals surface area (Å²) in [5, 5.41) is 2.04. The van der Waals surface area contributed by atoms with E-state index >= 15 is 0 Å². The first-order valence-corrected chi connectivity index (χ1v) is 7.06. The fourth-order valence-corrected chi connectivity index (χ4v) is 2.00. The average Bonchev–Trinajstić information content (AvgIpc) is 3.14. The number of rotatable bonds is 4. The molecule has 0 fully saturated rings. The van der Waals surface area contributed by atoms with Crippen LogP contribution in [0.25, 0.3) is 0 Å². The molecule has 0 aliphatic carbocycles.